The highest BCUT2D eigenvalue weighted by atomic mass is 35.5. The van der Waals surface area contributed by atoms with Crippen molar-refractivity contribution < 1.29 is 19.1 Å². The summed E-state index contributed by atoms with van der Waals surface area (Å²) in [6, 6.07) is 14.6. The van der Waals surface area contributed by atoms with E-state index in [4.69, 9.17) is 20.8 Å². The summed E-state index contributed by atoms with van der Waals surface area (Å²) in [5.41, 5.74) is 1.68. The number of carbonyl (C=O) groups is 1. The molecule has 3 aromatic rings. The van der Waals surface area contributed by atoms with Crippen LogP contribution in [0.4, 0.5) is 0 Å². The third-order valence-electron chi connectivity index (χ3n) is 3.63. The Morgan fingerprint density at radius 1 is 1.25 bits per heavy atom. The molecular weight excluding hydrogens is 400 g/mol. The van der Waals surface area contributed by atoms with Crippen LogP contribution in [-0.2, 0) is 17.8 Å². The summed E-state index contributed by atoms with van der Waals surface area (Å²) in [4.78, 5) is 11.6. The number of halogens is 1. The molecule has 0 aliphatic carbocycles. The third-order valence-corrected chi connectivity index (χ3v) is 4.72. The zero-order valence-corrected chi connectivity index (χ0v) is 16.5. The van der Waals surface area contributed by atoms with Crippen LogP contribution >= 0.6 is 23.4 Å². The maximum Gasteiger partial charge on any atom is 0.342 e. The van der Waals surface area contributed by atoms with E-state index in [-0.39, 0.29) is 10.1 Å². The van der Waals surface area contributed by atoms with Gasteiger partial charge in [-0.1, -0.05) is 42.8 Å². The molecule has 0 bridgehead atoms. The minimum atomic E-state index is -1.07. The molecule has 1 N–H and O–H groups in total. The molecule has 144 valence electrons. The monoisotopic (exact) mass is 416 g/mol. The third kappa shape index (κ3) is 5.61. The molecule has 6 nitrogen and oxygen atoms in total. The summed E-state index contributed by atoms with van der Waals surface area (Å²) in [6.45, 7) is 2.27. The number of ether oxygens (including phenoxy) is 1. The molecular formula is C20H17ClN2O4S. The molecule has 0 spiro atoms. The van der Waals surface area contributed by atoms with Crippen LogP contribution in [-0.4, -0.2) is 21.3 Å². The lowest BCUT2D eigenvalue weighted by Gasteiger charge is -2.07. The summed E-state index contributed by atoms with van der Waals surface area (Å²) in [5, 5.41) is 18.0. The van der Waals surface area contributed by atoms with Crippen molar-refractivity contribution in [1.29, 1.82) is 0 Å². The van der Waals surface area contributed by atoms with Crippen molar-refractivity contribution in [3.05, 3.63) is 75.5 Å². The number of aliphatic carboxylic acids is 1. The lowest BCUT2D eigenvalue weighted by Crippen LogP contribution is -1.97. The standard InChI is InChI=1S/C20H17ClN2O4S/c1-2-18-22-23-20(27-18)28-17(19(24)25)11-13-6-8-16(9-7-13)26-12-14-4-3-5-15(21)10-14/h3-11H,2,12H2,1H3,(H,24,25)/b17-11-. The fourth-order valence-corrected chi connectivity index (χ4v) is 3.16. The summed E-state index contributed by atoms with van der Waals surface area (Å²) in [5.74, 6) is 0.0714. The molecule has 0 saturated heterocycles. The summed E-state index contributed by atoms with van der Waals surface area (Å²) in [6.07, 6.45) is 2.14. The highest BCUT2D eigenvalue weighted by Crippen LogP contribution is 2.28. The largest absolute Gasteiger partial charge is 0.489 e. The number of carboxylic acids is 1. The average molecular weight is 417 g/mol. The Morgan fingerprint density at radius 2 is 2.04 bits per heavy atom. The van der Waals surface area contributed by atoms with Gasteiger partial charge in [-0.05, 0) is 53.2 Å². The number of rotatable bonds is 8. The maximum atomic E-state index is 11.5. The molecule has 0 radical (unpaired) electrons. The molecule has 0 aliphatic rings. The molecule has 8 heteroatoms. The lowest BCUT2D eigenvalue weighted by atomic mass is 10.2. The number of aromatic nitrogens is 2. The first kappa shape index (κ1) is 20.0. The quantitative estimate of drug-likeness (QED) is 0.404. The molecule has 0 amide bonds. The Kier molecular flexibility index (Phi) is 6.73. The number of benzene rings is 2. The fourth-order valence-electron chi connectivity index (χ4n) is 2.26. The van der Waals surface area contributed by atoms with Gasteiger partial charge < -0.3 is 14.3 Å². The van der Waals surface area contributed by atoms with E-state index < -0.39 is 5.97 Å². The summed E-state index contributed by atoms with van der Waals surface area (Å²) in [7, 11) is 0. The van der Waals surface area contributed by atoms with Crippen LogP contribution in [0.3, 0.4) is 0 Å². The van der Waals surface area contributed by atoms with Crippen LogP contribution in [0.5, 0.6) is 5.75 Å². The molecule has 0 unspecified atom stereocenters. The van der Waals surface area contributed by atoms with Gasteiger partial charge in [-0.2, -0.15) is 0 Å². The molecule has 2 aromatic carbocycles. The van der Waals surface area contributed by atoms with E-state index in [9.17, 15) is 9.90 Å². The predicted molar refractivity (Wildman–Crippen MR) is 107 cm³/mol. The summed E-state index contributed by atoms with van der Waals surface area (Å²) < 4.78 is 11.1. The second-order valence-corrected chi connectivity index (χ2v) is 7.15. The van der Waals surface area contributed by atoms with Gasteiger partial charge in [-0.15, -0.1) is 10.2 Å². The van der Waals surface area contributed by atoms with E-state index >= 15 is 0 Å². The van der Waals surface area contributed by atoms with Crippen molar-refractivity contribution in [2.24, 2.45) is 0 Å². The van der Waals surface area contributed by atoms with Crippen LogP contribution in [0, 0.1) is 0 Å². The zero-order chi connectivity index (χ0) is 19.9. The van der Waals surface area contributed by atoms with E-state index in [0.29, 0.717) is 29.7 Å². The van der Waals surface area contributed by atoms with Crippen molar-refractivity contribution in [2.75, 3.05) is 0 Å². The van der Waals surface area contributed by atoms with Gasteiger partial charge in [0.05, 0.1) is 0 Å². The highest BCUT2D eigenvalue weighted by molar-refractivity contribution is 8.03. The van der Waals surface area contributed by atoms with Crippen LogP contribution in [0.2, 0.25) is 5.02 Å². The minimum Gasteiger partial charge on any atom is -0.489 e. The number of hydrogen-bond donors (Lipinski definition) is 1. The second-order valence-electron chi connectivity index (χ2n) is 5.72. The van der Waals surface area contributed by atoms with E-state index in [0.717, 1.165) is 22.9 Å². The van der Waals surface area contributed by atoms with Gasteiger partial charge in [0.25, 0.3) is 5.22 Å². The Morgan fingerprint density at radius 3 is 2.68 bits per heavy atom. The van der Waals surface area contributed by atoms with Gasteiger partial charge in [0.2, 0.25) is 5.89 Å². The number of hydrogen-bond acceptors (Lipinski definition) is 6. The molecule has 3 rings (SSSR count). The molecule has 1 aromatic heterocycles. The van der Waals surface area contributed by atoms with Crippen LogP contribution in [0.25, 0.3) is 6.08 Å². The van der Waals surface area contributed by atoms with Gasteiger partial charge in [0.15, 0.2) is 0 Å². The summed E-state index contributed by atoms with van der Waals surface area (Å²) >= 11 is 6.88. The molecule has 0 aliphatic heterocycles. The Bertz CT molecular complexity index is 986. The fraction of sp³-hybridized carbons (Fsp3) is 0.150. The topological polar surface area (TPSA) is 85.5 Å². The van der Waals surface area contributed by atoms with Gasteiger partial charge in [0, 0.05) is 11.4 Å². The molecule has 1 heterocycles. The van der Waals surface area contributed by atoms with E-state index in [2.05, 4.69) is 10.2 Å². The SMILES string of the molecule is CCc1nnc(S/C(=C\c2ccc(OCc3cccc(Cl)c3)cc2)C(=O)O)o1. The van der Waals surface area contributed by atoms with Gasteiger partial charge in [-0.25, -0.2) is 4.79 Å². The number of aryl methyl sites for hydroxylation is 1. The van der Waals surface area contributed by atoms with Crippen molar-refractivity contribution >= 4 is 35.4 Å². The van der Waals surface area contributed by atoms with E-state index in [1.165, 1.54) is 0 Å². The van der Waals surface area contributed by atoms with Gasteiger partial charge in [-0.3, -0.25) is 0 Å². The number of carboxylic acid groups (broad SMARTS) is 1. The molecule has 0 fully saturated rings. The van der Waals surface area contributed by atoms with Crippen molar-refractivity contribution in [3.8, 4) is 5.75 Å². The zero-order valence-electron chi connectivity index (χ0n) is 15.0. The normalized spacial score (nSPS) is 11.4. The maximum absolute atomic E-state index is 11.5. The van der Waals surface area contributed by atoms with Gasteiger partial charge >= 0.3 is 5.97 Å². The average Bonchev–Trinajstić information content (AvgIpc) is 3.14. The van der Waals surface area contributed by atoms with Crippen LogP contribution in [0.15, 0.2) is 63.1 Å². The van der Waals surface area contributed by atoms with E-state index in [1.807, 2.05) is 31.2 Å². The Hall–Kier alpha value is -2.77. The lowest BCUT2D eigenvalue weighted by molar-refractivity contribution is -0.131. The minimum absolute atomic E-state index is 0.0823. The number of thioether (sulfide) groups is 1. The molecule has 0 saturated carbocycles. The Balaban J connectivity index is 1.67. The van der Waals surface area contributed by atoms with Crippen LogP contribution in [0.1, 0.15) is 23.9 Å². The number of nitrogens with zero attached hydrogens (tertiary/aromatic N) is 2. The predicted octanol–water partition coefficient (Wildman–Crippen LogP) is 5.08. The van der Waals surface area contributed by atoms with Gasteiger partial charge in [0.1, 0.15) is 17.3 Å². The highest BCUT2D eigenvalue weighted by Gasteiger charge is 2.14. The first-order valence-electron chi connectivity index (χ1n) is 8.46. The van der Waals surface area contributed by atoms with Crippen molar-refractivity contribution in [2.45, 2.75) is 25.2 Å². The van der Waals surface area contributed by atoms with Crippen LogP contribution < -0.4 is 4.74 Å². The second kappa shape index (κ2) is 9.43. The molecule has 28 heavy (non-hydrogen) atoms. The Labute approximate surface area is 171 Å². The first-order valence-corrected chi connectivity index (χ1v) is 9.65. The molecule has 0 atom stereocenters. The smallest absolute Gasteiger partial charge is 0.342 e. The van der Waals surface area contributed by atoms with E-state index in [1.54, 1.807) is 30.3 Å². The first-order chi connectivity index (χ1) is 13.5. The van der Waals surface area contributed by atoms with Crippen molar-refractivity contribution in [3.63, 3.8) is 0 Å². The van der Waals surface area contributed by atoms with Crippen molar-refractivity contribution in [1.82, 2.24) is 10.2 Å².